The maximum absolute atomic E-state index is 13.0. The van der Waals surface area contributed by atoms with Crippen molar-refractivity contribution < 1.29 is 13.2 Å². The lowest BCUT2D eigenvalue weighted by molar-refractivity contribution is -0.137. The van der Waals surface area contributed by atoms with Gasteiger partial charge in [-0.05, 0) is 19.1 Å². The Balaban J connectivity index is 2.97. The van der Waals surface area contributed by atoms with Crippen molar-refractivity contribution in [2.24, 2.45) is 0 Å². The van der Waals surface area contributed by atoms with Gasteiger partial charge < -0.3 is 0 Å². The van der Waals surface area contributed by atoms with Gasteiger partial charge in [0.2, 0.25) is 0 Å². The van der Waals surface area contributed by atoms with E-state index in [1.165, 1.54) is 6.92 Å². The molecule has 1 aromatic heterocycles. The van der Waals surface area contributed by atoms with E-state index in [1.807, 2.05) is 0 Å². The number of H-pyrrole nitrogens is 1. The van der Waals surface area contributed by atoms with Crippen LogP contribution in [0.1, 0.15) is 11.1 Å². The molecule has 1 aromatic carbocycles. The number of benzene rings is 1. The molecule has 1 heterocycles. The van der Waals surface area contributed by atoms with Crippen molar-refractivity contribution in [3.8, 4) is 5.69 Å². The Labute approximate surface area is 125 Å². The van der Waals surface area contributed by atoms with Crippen molar-refractivity contribution in [2.45, 2.75) is 13.1 Å². The molecule has 0 unspecified atom stereocenters. The summed E-state index contributed by atoms with van der Waals surface area (Å²) in [4.78, 5) is 26.0. The largest absolute Gasteiger partial charge is 0.418 e. The first-order valence-corrected chi connectivity index (χ1v) is 6.27. The van der Waals surface area contributed by atoms with Gasteiger partial charge in [0, 0.05) is 0 Å². The van der Waals surface area contributed by atoms with Crippen LogP contribution in [0.2, 0.25) is 10.2 Å². The Bertz CT molecular complexity index is 825. The molecule has 0 spiro atoms. The molecule has 4 nitrogen and oxygen atoms in total. The van der Waals surface area contributed by atoms with Gasteiger partial charge in [-0.15, -0.1) is 0 Å². The van der Waals surface area contributed by atoms with E-state index in [1.54, 1.807) is 0 Å². The van der Waals surface area contributed by atoms with Crippen LogP contribution < -0.4 is 11.2 Å². The van der Waals surface area contributed by atoms with Crippen LogP contribution in [0.4, 0.5) is 13.2 Å². The quantitative estimate of drug-likeness (QED) is 0.812. The SMILES string of the molecule is Cc1c(Cl)[nH]c(=O)n(-c2c(Cl)cccc2C(F)(F)F)c1=O. The van der Waals surface area contributed by atoms with Crippen molar-refractivity contribution in [3.05, 3.63) is 60.3 Å². The molecule has 0 aliphatic carbocycles. The monoisotopic (exact) mass is 338 g/mol. The molecule has 1 N–H and O–H groups in total. The minimum Gasteiger partial charge on any atom is -0.297 e. The highest BCUT2D eigenvalue weighted by atomic mass is 35.5. The van der Waals surface area contributed by atoms with E-state index < -0.39 is 28.7 Å². The lowest BCUT2D eigenvalue weighted by Crippen LogP contribution is -2.36. The van der Waals surface area contributed by atoms with Crippen LogP contribution in [-0.2, 0) is 6.18 Å². The molecule has 2 rings (SSSR count). The van der Waals surface area contributed by atoms with Crippen LogP contribution in [0, 0.1) is 6.92 Å². The Morgan fingerprint density at radius 3 is 2.38 bits per heavy atom. The molecule has 2 aromatic rings. The maximum Gasteiger partial charge on any atom is 0.418 e. The number of para-hydroxylation sites is 1. The van der Waals surface area contributed by atoms with Gasteiger partial charge in [-0.25, -0.2) is 9.36 Å². The van der Waals surface area contributed by atoms with Gasteiger partial charge in [0.05, 0.1) is 21.8 Å². The van der Waals surface area contributed by atoms with Crippen molar-refractivity contribution in [2.75, 3.05) is 0 Å². The predicted molar refractivity (Wildman–Crippen MR) is 72.4 cm³/mol. The van der Waals surface area contributed by atoms with Crippen LogP contribution >= 0.6 is 23.2 Å². The summed E-state index contributed by atoms with van der Waals surface area (Å²) in [6.45, 7) is 1.28. The minimum atomic E-state index is -4.78. The normalized spacial score (nSPS) is 11.7. The number of aromatic amines is 1. The molecular weight excluding hydrogens is 332 g/mol. The number of nitrogens with one attached hydrogen (secondary N) is 1. The first-order chi connectivity index (χ1) is 9.64. The molecule has 0 aliphatic rings. The number of hydrogen-bond donors (Lipinski definition) is 1. The van der Waals surface area contributed by atoms with E-state index in [0.717, 1.165) is 18.2 Å². The van der Waals surface area contributed by atoms with E-state index >= 15 is 0 Å². The summed E-state index contributed by atoms with van der Waals surface area (Å²) >= 11 is 11.4. The second kappa shape index (κ2) is 5.23. The van der Waals surface area contributed by atoms with E-state index in [2.05, 4.69) is 4.98 Å². The van der Waals surface area contributed by atoms with Gasteiger partial charge in [0.25, 0.3) is 5.56 Å². The number of alkyl halides is 3. The fraction of sp³-hybridized carbons (Fsp3) is 0.167. The van der Waals surface area contributed by atoms with E-state index in [-0.39, 0.29) is 15.7 Å². The zero-order valence-electron chi connectivity index (χ0n) is 10.4. The Hall–Kier alpha value is -1.73. The summed E-state index contributed by atoms with van der Waals surface area (Å²) in [5.74, 6) is 0. The number of rotatable bonds is 1. The minimum absolute atomic E-state index is 0.0932. The number of halogens is 5. The summed E-state index contributed by atoms with van der Waals surface area (Å²) in [7, 11) is 0. The second-order valence-corrected chi connectivity index (χ2v) is 4.93. The van der Waals surface area contributed by atoms with Gasteiger partial charge in [0.15, 0.2) is 0 Å². The Morgan fingerprint density at radius 1 is 1.19 bits per heavy atom. The molecule has 0 bridgehead atoms. The summed E-state index contributed by atoms with van der Waals surface area (Å²) in [6.07, 6.45) is -4.78. The number of aromatic nitrogens is 2. The standard InChI is InChI=1S/C12H7Cl2F3N2O2/c1-5-9(14)18-11(21)19(10(5)20)8-6(12(15,16)17)3-2-4-7(8)13/h2-4H,1H3,(H,18,21). The average Bonchev–Trinajstić information content (AvgIpc) is 2.36. The molecule has 0 amide bonds. The second-order valence-electron chi connectivity index (χ2n) is 4.14. The van der Waals surface area contributed by atoms with Crippen LogP contribution in [-0.4, -0.2) is 9.55 Å². The highest BCUT2D eigenvalue weighted by Gasteiger charge is 2.35. The van der Waals surface area contributed by atoms with E-state index in [0.29, 0.717) is 4.57 Å². The van der Waals surface area contributed by atoms with Gasteiger partial charge in [0.1, 0.15) is 5.15 Å². The molecule has 0 saturated carbocycles. The zero-order valence-corrected chi connectivity index (χ0v) is 11.9. The number of hydrogen-bond acceptors (Lipinski definition) is 2. The topological polar surface area (TPSA) is 54.9 Å². The fourth-order valence-electron chi connectivity index (χ4n) is 1.77. The highest BCUT2D eigenvalue weighted by molar-refractivity contribution is 6.32. The van der Waals surface area contributed by atoms with E-state index in [9.17, 15) is 22.8 Å². The average molecular weight is 339 g/mol. The van der Waals surface area contributed by atoms with E-state index in [4.69, 9.17) is 23.2 Å². The first-order valence-electron chi connectivity index (χ1n) is 5.52. The zero-order chi connectivity index (χ0) is 15.9. The maximum atomic E-state index is 13.0. The predicted octanol–water partition coefficient (Wildman–Crippen LogP) is 3.16. The van der Waals surface area contributed by atoms with Crippen molar-refractivity contribution in [1.29, 1.82) is 0 Å². The molecule has 0 aliphatic heterocycles. The fourth-order valence-corrected chi connectivity index (χ4v) is 2.19. The third-order valence-corrected chi connectivity index (χ3v) is 3.47. The first kappa shape index (κ1) is 15.7. The Morgan fingerprint density at radius 2 is 1.81 bits per heavy atom. The number of nitrogens with zero attached hydrogens (tertiary/aromatic N) is 1. The lowest BCUT2D eigenvalue weighted by atomic mass is 10.1. The molecule has 112 valence electrons. The smallest absolute Gasteiger partial charge is 0.297 e. The van der Waals surface area contributed by atoms with Crippen molar-refractivity contribution >= 4 is 23.2 Å². The summed E-state index contributed by atoms with van der Waals surface area (Å²) < 4.78 is 39.5. The highest BCUT2D eigenvalue weighted by Crippen LogP contribution is 2.36. The van der Waals surface area contributed by atoms with Crippen LogP contribution in [0.25, 0.3) is 5.69 Å². The summed E-state index contributed by atoms with van der Waals surface area (Å²) in [6, 6.07) is 2.97. The van der Waals surface area contributed by atoms with Crippen LogP contribution in [0.5, 0.6) is 0 Å². The molecule has 0 radical (unpaired) electrons. The summed E-state index contributed by atoms with van der Waals surface area (Å²) in [5.41, 5.74) is -4.08. The van der Waals surface area contributed by atoms with Crippen LogP contribution in [0.15, 0.2) is 27.8 Å². The molecule has 0 fully saturated rings. The summed E-state index contributed by atoms with van der Waals surface area (Å²) in [5, 5.41) is -0.610. The van der Waals surface area contributed by atoms with Gasteiger partial charge in [-0.3, -0.25) is 9.78 Å². The van der Waals surface area contributed by atoms with Crippen molar-refractivity contribution in [1.82, 2.24) is 9.55 Å². The third-order valence-electron chi connectivity index (χ3n) is 2.79. The molecular formula is C12H7Cl2F3N2O2. The van der Waals surface area contributed by atoms with Gasteiger partial charge in [-0.1, -0.05) is 29.3 Å². The molecule has 21 heavy (non-hydrogen) atoms. The van der Waals surface area contributed by atoms with Crippen molar-refractivity contribution in [3.63, 3.8) is 0 Å². The van der Waals surface area contributed by atoms with Gasteiger partial charge >= 0.3 is 11.9 Å². The Kier molecular flexibility index (Phi) is 3.90. The molecule has 0 saturated heterocycles. The third kappa shape index (κ3) is 2.71. The van der Waals surface area contributed by atoms with Gasteiger partial charge in [-0.2, -0.15) is 13.2 Å². The molecule has 9 heteroatoms. The van der Waals surface area contributed by atoms with Crippen LogP contribution in [0.3, 0.4) is 0 Å². The molecule has 0 atom stereocenters. The lowest BCUT2D eigenvalue weighted by Gasteiger charge is -2.15.